The lowest BCUT2D eigenvalue weighted by Crippen LogP contribution is -2.23. The van der Waals surface area contributed by atoms with Gasteiger partial charge in [-0.15, -0.1) is 0 Å². The normalized spacial score (nSPS) is 12.8. The summed E-state index contributed by atoms with van der Waals surface area (Å²) in [5.41, 5.74) is 2.43. The molecule has 19 heavy (non-hydrogen) atoms. The van der Waals surface area contributed by atoms with Crippen molar-refractivity contribution in [1.82, 2.24) is 5.32 Å². The summed E-state index contributed by atoms with van der Waals surface area (Å²) in [6, 6.07) is 6.92. The van der Waals surface area contributed by atoms with E-state index in [1.165, 1.54) is 5.56 Å². The van der Waals surface area contributed by atoms with Gasteiger partial charge >= 0.3 is 0 Å². The largest absolute Gasteiger partial charge is 0.393 e. The van der Waals surface area contributed by atoms with Crippen LogP contribution in [-0.4, -0.2) is 30.8 Å². The van der Waals surface area contributed by atoms with Crippen molar-refractivity contribution in [1.29, 1.82) is 0 Å². The Hall–Kier alpha value is -0.580. The first-order valence-electron chi connectivity index (χ1n) is 6.81. The Kier molecular flexibility index (Phi) is 6.83. The lowest BCUT2D eigenvalue weighted by atomic mass is 10.1. The van der Waals surface area contributed by atoms with Crippen LogP contribution in [0.1, 0.15) is 32.8 Å². The van der Waals surface area contributed by atoms with Gasteiger partial charge in [-0.2, -0.15) is 0 Å². The van der Waals surface area contributed by atoms with Gasteiger partial charge in [-0.3, -0.25) is 0 Å². The van der Waals surface area contributed by atoms with E-state index in [0.717, 1.165) is 29.7 Å². The van der Waals surface area contributed by atoms with Crippen LogP contribution in [0.4, 0.5) is 5.69 Å². The SMILES string of the molecule is CC(O)CCN(C)c1ccc(CNC(C)C)cc1Br. The van der Waals surface area contributed by atoms with Gasteiger partial charge in [0.05, 0.1) is 11.8 Å². The second-order valence-electron chi connectivity index (χ2n) is 5.38. The van der Waals surface area contributed by atoms with Crippen molar-refractivity contribution in [2.24, 2.45) is 0 Å². The number of rotatable bonds is 7. The van der Waals surface area contributed by atoms with Gasteiger partial charge in [0.25, 0.3) is 0 Å². The van der Waals surface area contributed by atoms with Crippen molar-refractivity contribution >= 4 is 21.6 Å². The molecule has 0 aromatic heterocycles. The summed E-state index contributed by atoms with van der Waals surface area (Å²) < 4.78 is 1.10. The van der Waals surface area contributed by atoms with E-state index in [-0.39, 0.29) is 6.10 Å². The Bertz CT molecular complexity index is 394. The molecule has 108 valence electrons. The number of nitrogens with zero attached hydrogens (tertiary/aromatic N) is 1. The molecule has 4 heteroatoms. The summed E-state index contributed by atoms with van der Waals surface area (Å²) in [5, 5.41) is 12.7. The number of halogens is 1. The average molecular weight is 329 g/mol. The van der Waals surface area contributed by atoms with Crippen LogP contribution >= 0.6 is 15.9 Å². The number of benzene rings is 1. The Morgan fingerprint density at radius 2 is 2.00 bits per heavy atom. The smallest absolute Gasteiger partial charge is 0.0528 e. The Balaban J connectivity index is 2.65. The van der Waals surface area contributed by atoms with E-state index < -0.39 is 0 Å². The fourth-order valence-electron chi connectivity index (χ4n) is 1.79. The van der Waals surface area contributed by atoms with E-state index in [0.29, 0.717) is 6.04 Å². The van der Waals surface area contributed by atoms with Gasteiger partial charge < -0.3 is 15.3 Å². The van der Waals surface area contributed by atoms with Crippen LogP contribution in [0.2, 0.25) is 0 Å². The second-order valence-corrected chi connectivity index (χ2v) is 6.23. The zero-order valence-corrected chi connectivity index (χ0v) is 13.9. The molecule has 1 rings (SSSR count). The summed E-state index contributed by atoms with van der Waals surface area (Å²) in [4.78, 5) is 2.16. The molecular weight excluding hydrogens is 304 g/mol. The third-order valence-electron chi connectivity index (χ3n) is 3.02. The lowest BCUT2D eigenvalue weighted by Gasteiger charge is -2.22. The summed E-state index contributed by atoms with van der Waals surface area (Å²) in [6.07, 6.45) is 0.523. The molecule has 0 aliphatic rings. The first kappa shape index (κ1) is 16.5. The number of hydrogen-bond donors (Lipinski definition) is 2. The number of aliphatic hydroxyl groups is 1. The van der Waals surface area contributed by atoms with Crippen LogP contribution in [-0.2, 0) is 6.54 Å². The maximum atomic E-state index is 9.34. The van der Waals surface area contributed by atoms with E-state index in [9.17, 15) is 5.11 Å². The molecule has 0 heterocycles. The van der Waals surface area contributed by atoms with Crippen molar-refractivity contribution in [3.63, 3.8) is 0 Å². The van der Waals surface area contributed by atoms with Crippen molar-refractivity contribution in [3.05, 3.63) is 28.2 Å². The summed E-state index contributed by atoms with van der Waals surface area (Å²) >= 11 is 3.63. The molecule has 1 unspecified atom stereocenters. The van der Waals surface area contributed by atoms with E-state index in [4.69, 9.17) is 0 Å². The van der Waals surface area contributed by atoms with Crippen molar-refractivity contribution in [2.45, 2.75) is 45.9 Å². The predicted octanol–water partition coefficient (Wildman–Crippen LogP) is 3.15. The predicted molar refractivity (Wildman–Crippen MR) is 85.7 cm³/mol. The molecule has 0 fully saturated rings. The van der Waals surface area contributed by atoms with E-state index in [1.807, 2.05) is 6.92 Å². The fraction of sp³-hybridized carbons (Fsp3) is 0.600. The molecule has 0 aliphatic carbocycles. The van der Waals surface area contributed by atoms with E-state index >= 15 is 0 Å². The Morgan fingerprint density at radius 1 is 1.32 bits per heavy atom. The highest BCUT2D eigenvalue weighted by molar-refractivity contribution is 9.10. The van der Waals surface area contributed by atoms with Gasteiger partial charge in [-0.05, 0) is 47.0 Å². The molecule has 0 saturated carbocycles. The zero-order valence-electron chi connectivity index (χ0n) is 12.3. The zero-order chi connectivity index (χ0) is 14.4. The van der Waals surface area contributed by atoms with Crippen LogP contribution in [0.25, 0.3) is 0 Å². The van der Waals surface area contributed by atoms with Crippen LogP contribution < -0.4 is 10.2 Å². The molecular formula is C15H25BrN2O. The van der Waals surface area contributed by atoms with Gasteiger partial charge in [0.2, 0.25) is 0 Å². The van der Waals surface area contributed by atoms with Crippen molar-refractivity contribution < 1.29 is 5.11 Å². The topological polar surface area (TPSA) is 35.5 Å². The van der Waals surface area contributed by atoms with Gasteiger partial charge in [0.1, 0.15) is 0 Å². The quantitative estimate of drug-likeness (QED) is 0.807. The number of nitrogens with one attached hydrogen (secondary N) is 1. The molecule has 0 bridgehead atoms. The molecule has 0 saturated heterocycles. The number of hydrogen-bond acceptors (Lipinski definition) is 3. The molecule has 1 aromatic rings. The second kappa shape index (κ2) is 7.88. The minimum Gasteiger partial charge on any atom is -0.393 e. The monoisotopic (exact) mass is 328 g/mol. The summed E-state index contributed by atoms with van der Waals surface area (Å²) in [7, 11) is 2.05. The minimum atomic E-state index is -0.254. The molecule has 1 aromatic carbocycles. The third kappa shape index (κ3) is 5.93. The summed E-state index contributed by atoms with van der Waals surface area (Å²) in [5.74, 6) is 0. The molecule has 0 spiro atoms. The first-order chi connectivity index (χ1) is 8.90. The van der Waals surface area contributed by atoms with Gasteiger partial charge in [0, 0.05) is 30.7 Å². The lowest BCUT2D eigenvalue weighted by molar-refractivity contribution is 0.187. The van der Waals surface area contributed by atoms with Crippen LogP contribution in [0.5, 0.6) is 0 Å². The highest BCUT2D eigenvalue weighted by Gasteiger charge is 2.08. The fourth-order valence-corrected chi connectivity index (χ4v) is 2.52. The molecule has 1 atom stereocenters. The van der Waals surface area contributed by atoms with Crippen molar-refractivity contribution in [2.75, 3.05) is 18.5 Å². The maximum absolute atomic E-state index is 9.34. The molecule has 3 nitrogen and oxygen atoms in total. The molecule has 2 N–H and O–H groups in total. The van der Waals surface area contributed by atoms with E-state index in [1.54, 1.807) is 0 Å². The molecule has 0 aliphatic heterocycles. The van der Waals surface area contributed by atoms with Gasteiger partial charge in [0.15, 0.2) is 0 Å². The van der Waals surface area contributed by atoms with E-state index in [2.05, 4.69) is 65.2 Å². The highest BCUT2D eigenvalue weighted by atomic mass is 79.9. The Morgan fingerprint density at radius 3 is 2.53 bits per heavy atom. The highest BCUT2D eigenvalue weighted by Crippen LogP contribution is 2.26. The van der Waals surface area contributed by atoms with Gasteiger partial charge in [-0.1, -0.05) is 19.9 Å². The third-order valence-corrected chi connectivity index (χ3v) is 3.66. The first-order valence-corrected chi connectivity index (χ1v) is 7.60. The Labute approximate surface area is 125 Å². The molecule has 0 radical (unpaired) electrons. The van der Waals surface area contributed by atoms with Crippen molar-refractivity contribution in [3.8, 4) is 0 Å². The molecule has 0 amide bonds. The summed E-state index contributed by atoms with van der Waals surface area (Å²) in [6.45, 7) is 7.85. The van der Waals surface area contributed by atoms with Crippen LogP contribution in [0.15, 0.2) is 22.7 Å². The standard InChI is InChI=1S/C15H25BrN2O/c1-11(2)17-10-13-5-6-15(14(16)9-13)18(4)8-7-12(3)19/h5-6,9,11-12,17,19H,7-8,10H2,1-4H3. The maximum Gasteiger partial charge on any atom is 0.0528 e. The number of anilines is 1. The minimum absolute atomic E-state index is 0.254. The average Bonchev–Trinajstić information content (AvgIpc) is 2.33. The van der Waals surface area contributed by atoms with Crippen LogP contribution in [0.3, 0.4) is 0 Å². The van der Waals surface area contributed by atoms with Crippen LogP contribution in [0, 0.1) is 0 Å². The van der Waals surface area contributed by atoms with Gasteiger partial charge in [-0.25, -0.2) is 0 Å². The number of aliphatic hydroxyl groups excluding tert-OH is 1.